The molecule has 21 heavy (non-hydrogen) atoms. The van der Waals surface area contributed by atoms with E-state index >= 15 is 0 Å². The van der Waals surface area contributed by atoms with Crippen molar-refractivity contribution in [3.63, 3.8) is 0 Å². The van der Waals surface area contributed by atoms with E-state index in [2.05, 4.69) is 52.8 Å². The van der Waals surface area contributed by atoms with E-state index in [1.807, 2.05) is 11.7 Å². The zero-order chi connectivity index (χ0) is 15.0. The molecule has 3 rings (SSSR count). The number of hydrogen-bond acceptors (Lipinski definition) is 2. The van der Waals surface area contributed by atoms with Crippen LogP contribution in [0.4, 0.5) is 0 Å². The van der Waals surface area contributed by atoms with Crippen LogP contribution in [-0.4, -0.2) is 19.3 Å². The topological polar surface area (TPSA) is 38.5 Å². The second kappa shape index (κ2) is 5.48. The van der Waals surface area contributed by atoms with Crippen molar-refractivity contribution in [2.24, 2.45) is 7.05 Å². The summed E-state index contributed by atoms with van der Waals surface area (Å²) in [6.07, 6.45) is 3.01. The predicted octanol–water partition coefficient (Wildman–Crippen LogP) is 3.94. The van der Waals surface area contributed by atoms with Crippen LogP contribution in [0, 0.1) is 4.77 Å². The molecule has 0 aliphatic carbocycles. The van der Waals surface area contributed by atoms with Gasteiger partial charge in [-0.1, -0.05) is 38.5 Å². The zero-order valence-corrected chi connectivity index (χ0v) is 13.5. The molecule has 0 saturated carbocycles. The zero-order valence-electron chi connectivity index (χ0n) is 12.7. The Morgan fingerprint density at radius 2 is 2.00 bits per heavy atom. The second-order valence-corrected chi connectivity index (χ2v) is 5.65. The van der Waals surface area contributed by atoms with Gasteiger partial charge in [0.1, 0.15) is 5.52 Å². The Morgan fingerprint density at radius 1 is 1.24 bits per heavy atom. The number of benzene rings is 1. The highest BCUT2D eigenvalue weighted by Crippen LogP contribution is 2.25. The molecule has 110 valence electrons. The van der Waals surface area contributed by atoms with E-state index in [1.54, 1.807) is 0 Å². The van der Waals surface area contributed by atoms with Gasteiger partial charge in [0.2, 0.25) is 0 Å². The van der Waals surface area contributed by atoms with Crippen LogP contribution in [-0.2, 0) is 19.9 Å². The largest absolute Gasteiger partial charge is 0.327 e. The molecular weight excluding hydrogens is 280 g/mol. The average molecular weight is 300 g/mol. The van der Waals surface area contributed by atoms with Crippen molar-refractivity contribution in [3.8, 4) is 5.69 Å². The van der Waals surface area contributed by atoms with Gasteiger partial charge < -0.3 is 4.98 Å². The fraction of sp³-hybridized carbons (Fsp3) is 0.375. The molecule has 0 aliphatic heterocycles. The number of nitrogens with zero attached hydrogens (tertiary/aromatic N) is 3. The standard InChI is InChI=1S/C16H20N4S/c1-4-8-12-14-15(19(3)18-12)20(16(21)17-14)13-10-7-6-9-11(13)5-2/h6-7,9-10H,4-5,8H2,1-3H3,(H,17,21). The van der Waals surface area contributed by atoms with Crippen LogP contribution in [0.3, 0.4) is 0 Å². The third-order valence-electron chi connectivity index (χ3n) is 3.84. The molecule has 0 spiro atoms. The summed E-state index contributed by atoms with van der Waals surface area (Å²) >= 11 is 5.57. The highest BCUT2D eigenvalue weighted by molar-refractivity contribution is 7.71. The lowest BCUT2D eigenvalue weighted by Gasteiger charge is -2.09. The fourth-order valence-corrected chi connectivity index (χ4v) is 3.16. The Kier molecular flexibility index (Phi) is 3.68. The molecule has 0 bridgehead atoms. The van der Waals surface area contributed by atoms with Crippen molar-refractivity contribution >= 4 is 23.4 Å². The number of nitrogens with one attached hydrogen (secondary N) is 1. The number of H-pyrrole nitrogens is 1. The maximum Gasteiger partial charge on any atom is 0.184 e. The molecule has 0 fully saturated rings. The molecule has 1 aromatic carbocycles. The Hall–Kier alpha value is -1.88. The summed E-state index contributed by atoms with van der Waals surface area (Å²) in [5.74, 6) is 0. The highest BCUT2D eigenvalue weighted by Gasteiger charge is 2.17. The normalized spacial score (nSPS) is 11.4. The van der Waals surface area contributed by atoms with Gasteiger partial charge in [-0.05, 0) is 36.7 Å². The number of fused-ring (bicyclic) bond motifs is 1. The second-order valence-electron chi connectivity index (χ2n) is 5.27. The van der Waals surface area contributed by atoms with Crippen LogP contribution in [0.5, 0.6) is 0 Å². The number of aromatic nitrogens is 4. The van der Waals surface area contributed by atoms with Crippen LogP contribution >= 0.6 is 12.2 Å². The van der Waals surface area contributed by atoms with E-state index in [0.717, 1.165) is 46.6 Å². The van der Waals surface area contributed by atoms with Gasteiger partial charge in [0.25, 0.3) is 0 Å². The lowest BCUT2D eigenvalue weighted by Crippen LogP contribution is -2.03. The first-order valence-corrected chi connectivity index (χ1v) is 7.83. The van der Waals surface area contributed by atoms with Gasteiger partial charge in [-0.2, -0.15) is 5.10 Å². The first kappa shape index (κ1) is 14.1. The molecule has 3 aromatic rings. The average Bonchev–Trinajstić information content (AvgIpc) is 2.97. The SMILES string of the molecule is CCCc1nn(C)c2c1[nH]c(=S)n2-c1ccccc1CC. The molecule has 0 saturated heterocycles. The molecule has 2 heterocycles. The summed E-state index contributed by atoms with van der Waals surface area (Å²) in [6, 6.07) is 8.40. The van der Waals surface area contributed by atoms with Crippen LogP contribution in [0.2, 0.25) is 0 Å². The molecule has 0 aliphatic rings. The Labute approximate surface area is 129 Å². The van der Waals surface area contributed by atoms with Gasteiger partial charge in [0.05, 0.1) is 11.4 Å². The van der Waals surface area contributed by atoms with Crippen molar-refractivity contribution in [1.82, 2.24) is 19.3 Å². The van der Waals surface area contributed by atoms with Gasteiger partial charge in [0, 0.05) is 7.05 Å². The molecular formula is C16H20N4S. The van der Waals surface area contributed by atoms with Crippen molar-refractivity contribution in [1.29, 1.82) is 0 Å². The lowest BCUT2D eigenvalue weighted by molar-refractivity contribution is 0.734. The smallest absolute Gasteiger partial charge is 0.184 e. The Balaban J connectivity index is 2.33. The van der Waals surface area contributed by atoms with E-state index in [0.29, 0.717) is 0 Å². The van der Waals surface area contributed by atoms with Crippen molar-refractivity contribution in [2.45, 2.75) is 33.1 Å². The van der Waals surface area contributed by atoms with Crippen molar-refractivity contribution in [2.75, 3.05) is 0 Å². The fourth-order valence-electron chi connectivity index (χ4n) is 2.88. The minimum atomic E-state index is 0.733. The number of aryl methyl sites for hydroxylation is 3. The number of para-hydroxylation sites is 1. The quantitative estimate of drug-likeness (QED) is 0.741. The first-order chi connectivity index (χ1) is 10.2. The summed E-state index contributed by atoms with van der Waals surface area (Å²) < 4.78 is 4.77. The Bertz CT molecular complexity index is 838. The van der Waals surface area contributed by atoms with Crippen LogP contribution in [0.25, 0.3) is 16.9 Å². The molecule has 0 radical (unpaired) electrons. The van der Waals surface area contributed by atoms with Gasteiger partial charge in [-0.25, -0.2) is 4.68 Å². The van der Waals surface area contributed by atoms with Crippen LogP contribution in [0.15, 0.2) is 24.3 Å². The third-order valence-corrected chi connectivity index (χ3v) is 4.12. The summed E-state index contributed by atoms with van der Waals surface area (Å²) in [4.78, 5) is 3.35. The molecule has 1 N–H and O–H groups in total. The number of imidazole rings is 1. The van der Waals surface area contributed by atoms with Crippen molar-refractivity contribution < 1.29 is 0 Å². The number of hydrogen-bond donors (Lipinski definition) is 1. The lowest BCUT2D eigenvalue weighted by atomic mass is 10.1. The third kappa shape index (κ3) is 2.21. The predicted molar refractivity (Wildman–Crippen MR) is 88.6 cm³/mol. The summed E-state index contributed by atoms with van der Waals surface area (Å²) in [5, 5.41) is 4.64. The van der Waals surface area contributed by atoms with Gasteiger partial charge in [0.15, 0.2) is 10.4 Å². The maximum atomic E-state index is 5.57. The Morgan fingerprint density at radius 3 is 2.71 bits per heavy atom. The molecule has 0 atom stereocenters. The van der Waals surface area contributed by atoms with Crippen LogP contribution in [0.1, 0.15) is 31.5 Å². The van der Waals surface area contributed by atoms with Crippen molar-refractivity contribution in [3.05, 3.63) is 40.3 Å². The molecule has 0 amide bonds. The number of rotatable bonds is 4. The van der Waals surface area contributed by atoms with E-state index < -0.39 is 0 Å². The van der Waals surface area contributed by atoms with E-state index in [4.69, 9.17) is 12.2 Å². The summed E-state index contributed by atoms with van der Waals surface area (Å²) in [7, 11) is 1.98. The molecule has 5 heteroatoms. The van der Waals surface area contributed by atoms with Gasteiger partial charge in [-0.3, -0.25) is 4.57 Å². The molecule has 2 aromatic heterocycles. The highest BCUT2D eigenvalue weighted by atomic mass is 32.1. The monoisotopic (exact) mass is 300 g/mol. The number of aromatic amines is 1. The van der Waals surface area contributed by atoms with Crippen LogP contribution < -0.4 is 0 Å². The van der Waals surface area contributed by atoms with Gasteiger partial charge >= 0.3 is 0 Å². The molecule has 4 nitrogen and oxygen atoms in total. The van der Waals surface area contributed by atoms with Gasteiger partial charge in [-0.15, -0.1) is 0 Å². The van der Waals surface area contributed by atoms with E-state index in [9.17, 15) is 0 Å². The molecule has 0 unspecified atom stereocenters. The minimum Gasteiger partial charge on any atom is -0.327 e. The van der Waals surface area contributed by atoms with E-state index in [-0.39, 0.29) is 0 Å². The summed E-state index contributed by atoms with van der Waals surface area (Å²) in [5.41, 5.74) is 5.63. The maximum absolute atomic E-state index is 5.57. The van der Waals surface area contributed by atoms with E-state index in [1.165, 1.54) is 5.56 Å². The minimum absolute atomic E-state index is 0.733. The first-order valence-electron chi connectivity index (χ1n) is 7.42. The summed E-state index contributed by atoms with van der Waals surface area (Å²) in [6.45, 7) is 4.33.